The Labute approximate surface area is 105 Å². The molecule has 0 unspecified atom stereocenters. The molecule has 0 heterocycles. The number of hydrogen-bond donors (Lipinski definition) is 1. The Kier molecular flexibility index (Phi) is 4.59. The molecule has 17 heavy (non-hydrogen) atoms. The van der Waals surface area contributed by atoms with Crippen molar-refractivity contribution in [2.75, 3.05) is 13.7 Å². The van der Waals surface area contributed by atoms with Gasteiger partial charge in [-0.1, -0.05) is 20.8 Å². The summed E-state index contributed by atoms with van der Waals surface area (Å²) in [6.45, 7) is 9.18. The summed E-state index contributed by atoms with van der Waals surface area (Å²) < 4.78 is 5.20. The van der Waals surface area contributed by atoms with Crippen LogP contribution >= 0.6 is 0 Å². The Morgan fingerprint density at radius 2 is 1.88 bits per heavy atom. The Balaban J connectivity index is 2.66. The summed E-state index contributed by atoms with van der Waals surface area (Å²) in [4.78, 5) is 12.0. The van der Waals surface area contributed by atoms with Gasteiger partial charge < -0.3 is 10.1 Å². The summed E-state index contributed by atoms with van der Waals surface area (Å²) in [5.41, 5.74) is -0.0909. The van der Waals surface area contributed by atoms with Crippen molar-refractivity contribution in [2.45, 2.75) is 58.9 Å². The Morgan fingerprint density at radius 3 is 2.24 bits per heavy atom. The molecule has 0 radical (unpaired) electrons. The number of nitrogens with one attached hydrogen (secondary N) is 1. The maximum atomic E-state index is 12.0. The minimum atomic E-state index is -0.433. The van der Waals surface area contributed by atoms with Gasteiger partial charge in [0.2, 0.25) is 0 Å². The number of rotatable bonds is 3. The van der Waals surface area contributed by atoms with Crippen LogP contribution in [-0.4, -0.2) is 25.2 Å². The van der Waals surface area contributed by atoms with E-state index in [4.69, 9.17) is 4.74 Å². The molecule has 3 heteroatoms. The van der Waals surface area contributed by atoms with Crippen molar-refractivity contribution in [3.05, 3.63) is 0 Å². The standard InChI is InChI=1S/C14H27NO2/c1-6-17-12(16)14(15-5)9-7-11(8-10-14)13(2,3)4/h11,15H,6-10H2,1-5H3. The second kappa shape index (κ2) is 5.38. The molecule has 0 bridgehead atoms. The average Bonchev–Trinajstić information content (AvgIpc) is 2.28. The van der Waals surface area contributed by atoms with Gasteiger partial charge in [-0.2, -0.15) is 0 Å². The molecule has 3 nitrogen and oxygen atoms in total. The highest BCUT2D eigenvalue weighted by atomic mass is 16.5. The zero-order valence-corrected chi connectivity index (χ0v) is 11.9. The third-order valence-electron chi connectivity index (χ3n) is 4.21. The van der Waals surface area contributed by atoms with Gasteiger partial charge in [-0.15, -0.1) is 0 Å². The molecule has 1 aliphatic rings. The first kappa shape index (κ1) is 14.5. The molecule has 1 saturated carbocycles. The molecule has 0 aromatic carbocycles. The van der Waals surface area contributed by atoms with Gasteiger partial charge in [0, 0.05) is 0 Å². The first-order chi connectivity index (χ1) is 7.85. The normalized spacial score (nSPS) is 30.1. The van der Waals surface area contributed by atoms with Gasteiger partial charge in [0.25, 0.3) is 0 Å². The van der Waals surface area contributed by atoms with E-state index in [-0.39, 0.29) is 5.97 Å². The van der Waals surface area contributed by atoms with Crippen molar-refractivity contribution >= 4 is 5.97 Å². The quantitative estimate of drug-likeness (QED) is 0.772. The van der Waals surface area contributed by atoms with E-state index in [0.717, 1.165) is 25.7 Å². The van der Waals surface area contributed by atoms with E-state index in [1.54, 1.807) is 0 Å². The number of ether oxygens (including phenoxy) is 1. The molecule has 1 N–H and O–H groups in total. The van der Waals surface area contributed by atoms with Crippen LogP contribution in [-0.2, 0) is 9.53 Å². The topological polar surface area (TPSA) is 38.3 Å². The van der Waals surface area contributed by atoms with Gasteiger partial charge in [-0.3, -0.25) is 4.79 Å². The molecule has 1 rings (SSSR count). The molecule has 0 saturated heterocycles. The number of hydrogen-bond acceptors (Lipinski definition) is 3. The van der Waals surface area contributed by atoms with Crippen molar-refractivity contribution in [3.8, 4) is 0 Å². The van der Waals surface area contributed by atoms with Gasteiger partial charge in [-0.25, -0.2) is 0 Å². The Hall–Kier alpha value is -0.570. The highest BCUT2D eigenvalue weighted by Crippen LogP contribution is 2.41. The van der Waals surface area contributed by atoms with Crippen molar-refractivity contribution < 1.29 is 9.53 Å². The molecule has 0 atom stereocenters. The highest BCUT2D eigenvalue weighted by Gasteiger charge is 2.43. The molecule has 0 aliphatic heterocycles. The van der Waals surface area contributed by atoms with Crippen molar-refractivity contribution in [2.24, 2.45) is 11.3 Å². The van der Waals surface area contributed by atoms with Gasteiger partial charge in [0.15, 0.2) is 0 Å². The van der Waals surface area contributed by atoms with Crippen LogP contribution in [0.25, 0.3) is 0 Å². The number of carbonyl (C=O) groups is 1. The maximum Gasteiger partial charge on any atom is 0.326 e. The molecule has 100 valence electrons. The van der Waals surface area contributed by atoms with Crippen LogP contribution in [0.5, 0.6) is 0 Å². The van der Waals surface area contributed by atoms with Crippen LogP contribution < -0.4 is 5.32 Å². The van der Waals surface area contributed by atoms with Gasteiger partial charge >= 0.3 is 5.97 Å². The summed E-state index contributed by atoms with van der Waals surface area (Å²) in [5.74, 6) is 0.633. The molecule has 0 amide bonds. The molecular weight excluding hydrogens is 214 g/mol. The fourth-order valence-electron chi connectivity index (χ4n) is 2.80. The number of carbonyl (C=O) groups excluding carboxylic acids is 1. The van der Waals surface area contributed by atoms with Crippen LogP contribution in [0.3, 0.4) is 0 Å². The smallest absolute Gasteiger partial charge is 0.326 e. The van der Waals surface area contributed by atoms with E-state index in [0.29, 0.717) is 17.9 Å². The van der Waals surface area contributed by atoms with Gasteiger partial charge in [0.1, 0.15) is 5.54 Å². The molecule has 0 aromatic rings. The largest absolute Gasteiger partial charge is 0.465 e. The predicted octanol–water partition coefficient (Wildman–Crippen LogP) is 2.74. The lowest BCUT2D eigenvalue weighted by atomic mass is 9.67. The number of esters is 1. The van der Waals surface area contributed by atoms with Gasteiger partial charge in [0.05, 0.1) is 6.61 Å². The van der Waals surface area contributed by atoms with E-state index < -0.39 is 5.54 Å². The minimum absolute atomic E-state index is 0.0742. The van der Waals surface area contributed by atoms with E-state index in [1.807, 2.05) is 14.0 Å². The lowest BCUT2D eigenvalue weighted by molar-refractivity contribution is -0.153. The predicted molar refractivity (Wildman–Crippen MR) is 69.8 cm³/mol. The van der Waals surface area contributed by atoms with Crippen molar-refractivity contribution in [1.29, 1.82) is 0 Å². The van der Waals surface area contributed by atoms with Gasteiger partial charge in [-0.05, 0) is 51.0 Å². The fourth-order valence-corrected chi connectivity index (χ4v) is 2.80. The van der Waals surface area contributed by atoms with Crippen molar-refractivity contribution in [3.63, 3.8) is 0 Å². The van der Waals surface area contributed by atoms with Crippen LogP contribution in [0.2, 0.25) is 0 Å². The SMILES string of the molecule is CCOC(=O)C1(NC)CCC(C(C)(C)C)CC1. The van der Waals surface area contributed by atoms with Crippen LogP contribution in [0.4, 0.5) is 0 Å². The number of likely N-dealkylation sites (N-methyl/N-ethyl adjacent to an activating group) is 1. The van der Waals surface area contributed by atoms with E-state index in [1.165, 1.54) is 0 Å². The third-order valence-corrected chi connectivity index (χ3v) is 4.21. The zero-order chi connectivity index (χ0) is 13.1. The van der Waals surface area contributed by atoms with Crippen LogP contribution in [0, 0.1) is 11.3 Å². The second-order valence-electron chi connectivity index (χ2n) is 6.19. The van der Waals surface area contributed by atoms with Crippen LogP contribution in [0.1, 0.15) is 53.4 Å². The summed E-state index contributed by atoms with van der Waals surface area (Å²) in [7, 11) is 1.87. The molecule has 0 spiro atoms. The summed E-state index contributed by atoms with van der Waals surface area (Å²) in [5, 5.41) is 3.20. The summed E-state index contributed by atoms with van der Waals surface area (Å²) in [6.07, 6.45) is 3.99. The summed E-state index contributed by atoms with van der Waals surface area (Å²) in [6, 6.07) is 0. The minimum Gasteiger partial charge on any atom is -0.465 e. The zero-order valence-electron chi connectivity index (χ0n) is 11.9. The lowest BCUT2D eigenvalue weighted by Crippen LogP contribution is -2.54. The summed E-state index contributed by atoms with van der Waals surface area (Å²) >= 11 is 0. The lowest BCUT2D eigenvalue weighted by Gasteiger charge is -2.42. The third kappa shape index (κ3) is 3.21. The molecule has 0 aromatic heterocycles. The Morgan fingerprint density at radius 1 is 1.35 bits per heavy atom. The average molecular weight is 241 g/mol. The maximum absolute atomic E-state index is 12.0. The van der Waals surface area contributed by atoms with E-state index in [9.17, 15) is 4.79 Å². The first-order valence-corrected chi connectivity index (χ1v) is 6.72. The molecule has 1 aliphatic carbocycles. The van der Waals surface area contributed by atoms with Crippen molar-refractivity contribution in [1.82, 2.24) is 5.32 Å². The molecule has 1 fully saturated rings. The monoisotopic (exact) mass is 241 g/mol. The van der Waals surface area contributed by atoms with E-state index in [2.05, 4.69) is 26.1 Å². The van der Waals surface area contributed by atoms with Crippen LogP contribution in [0.15, 0.2) is 0 Å². The Bertz CT molecular complexity index is 260. The highest BCUT2D eigenvalue weighted by molar-refractivity contribution is 5.81. The van der Waals surface area contributed by atoms with E-state index >= 15 is 0 Å². The second-order valence-corrected chi connectivity index (χ2v) is 6.19. The fraction of sp³-hybridized carbons (Fsp3) is 0.929. The molecular formula is C14H27NO2. The first-order valence-electron chi connectivity index (χ1n) is 6.72.